The predicted octanol–water partition coefficient (Wildman–Crippen LogP) is 3.48. The molecule has 0 saturated heterocycles. The zero-order chi connectivity index (χ0) is 13.1. The van der Waals surface area contributed by atoms with E-state index >= 15 is 0 Å². The SMILES string of the molecule is CCOC(=O)c1sc(-c2ccc(C)cc2)cc1N. The van der Waals surface area contributed by atoms with Crippen molar-refractivity contribution in [2.24, 2.45) is 0 Å². The minimum absolute atomic E-state index is 0.349. The third-order valence-corrected chi connectivity index (χ3v) is 3.74. The summed E-state index contributed by atoms with van der Waals surface area (Å²) in [6, 6.07) is 9.94. The first-order chi connectivity index (χ1) is 8.61. The van der Waals surface area contributed by atoms with E-state index in [1.807, 2.05) is 37.3 Å². The maximum Gasteiger partial charge on any atom is 0.350 e. The summed E-state index contributed by atoms with van der Waals surface area (Å²) in [6.45, 7) is 4.18. The Labute approximate surface area is 110 Å². The van der Waals surface area contributed by atoms with Crippen LogP contribution in [0.2, 0.25) is 0 Å². The van der Waals surface area contributed by atoms with Crippen LogP contribution in [0.1, 0.15) is 22.2 Å². The highest BCUT2D eigenvalue weighted by Crippen LogP contribution is 2.33. The number of aryl methyl sites for hydroxylation is 1. The second kappa shape index (κ2) is 5.23. The first-order valence-electron chi connectivity index (χ1n) is 5.75. The van der Waals surface area contributed by atoms with E-state index in [1.165, 1.54) is 16.9 Å². The first-order valence-corrected chi connectivity index (χ1v) is 6.57. The smallest absolute Gasteiger partial charge is 0.350 e. The standard InChI is InChI=1S/C14H15NO2S/c1-3-17-14(16)13-11(15)8-12(18-13)10-6-4-9(2)5-7-10/h4-8H,3,15H2,1-2H3. The third kappa shape index (κ3) is 2.54. The summed E-state index contributed by atoms with van der Waals surface area (Å²) in [4.78, 5) is 13.1. The number of benzene rings is 1. The average Bonchev–Trinajstić information content (AvgIpc) is 2.72. The summed E-state index contributed by atoms with van der Waals surface area (Å²) >= 11 is 1.37. The maximum atomic E-state index is 11.7. The van der Waals surface area contributed by atoms with Crippen LogP contribution in [0.15, 0.2) is 30.3 Å². The zero-order valence-corrected chi connectivity index (χ0v) is 11.2. The first kappa shape index (κ1) is 12.6. The molecule has 0 spiro atoms. The summed E-state index contributed by atoms with van der Waals surface area (Å²) in [5, 5.41) is 0. The molecule has 0 bridgehead atoms. The fourth-order valence-corrected chi connectivity index (χ4v) is 2.60. The van der Waals surface area contributed by atoms with Gasteiger partial charge in [0.25, 0.3) is 0 Å². The number of ether oxygens (including phenoxy) is 1. The van der Waals surface area contributed by atoms with Gasteiger partial charge >= 0.3 is 5.97 Å². The van der Waals surface area contributed by atoms with Gasteiger partial charge < -0.3 is 10.5 Å². The van der Waals surface area contributed by atoms with E-state index in [4.69, 9.17) is 10.5 Å². The highest BCUT2D eigenvalue weighted by Gasteiger charge is 2.16. The van der Waals surface area contributed by atoms with Gasteiger partial charge in [0.2, 0.25) is 0 Å². The molecule has 0 saturated carbocycles. The second-order valence-corrected chi connectivity index (χ2v) is 5.03. The number of hydrogen-bond donors (Lipinski definition) is 1. The Balaban J connectivity index is 2.34. The number of carbonyl (C=O) groups is 1. The molecule has 0 aliphatic heterocycles. The molecule has 0 unspecified atom stereocenters. The van der Waals surface area contributed by atoms with Gasteiger partial charge in [0.15, 0.2) is 0 Å². The molecular formula is C14H15NO2S. The summed E-state index contributed by atoms with van der Waals surface area (Å²) in [7, 11) is 0. The van der Waals surface area contributed by atoms with Crippen LogP contribution in [0, 0.1) is 6.92 Å². The lowest BCUT2D eigenvalue weighted by Gasteiger charge is -1.99. The van der Waals surface area contributed by atoms with Crippen molar-refractivity contribution in [3.63, 3.8) is 0 Å². The van der Waals surface area contributed by atoms with Crippen molar-refractivity contribution in [3.8, 4) is 10.4 Å². The Hall–Kier alpha value is -1.81. The fourth-order valence-electron chi connectivity index (χ4n) is 1.62. The number of carbonyl (C=O) groups excluding carboxylic acids is 1. The molecule has 0 aliphatic rings. The lowest BCUT2D eigenvalue weighted by Crippen LogP contribution is -2.04. The minimum Gasteiger partial charge on any atom is -0.462 e. The maximum absolute atomic E-state index is 11.7. The molecule has 0 aliphatic carbocycles. The fraction of sp³-hybridized carbons (Fsp3) is 0.214. The lowest BCUT2D eigenvalue weighted by molar-refractivity contribution is 0.0533. The largest absolute Gasteiger partial charge is 0.462 e. The molecule has 1 heterocycles. The van der Waals surface area contributed by atoms with Crippen LogP contribution in [0.25, 0.3) is 10.4 Å². The van der Waals surface area contributed by atoms with Gasteiger partial charge in [-0.05, 0) is 25.5 Å². The predicted molar refractivity (Wildman–Crippen MR) is 74.9 cm³/mol. The van der Waals surface area contributed by atoms with Crippen LogP contribution in [0.5, 0.6) is 0 Å². The number of rotatable bonds is 3. The van der Waals surface area contributed by atoms with E-state index in [9.17, 15) is 4.79 Å². The molecule has 2 aromatic rings. The molecule has 2 N–H and O–H groups in total. The van der Waals surface area contributed by atoms with Gasteiger partial charge in [0, 0.05) is 4.88 Å². The van der Waals surface area contributed by atoms with Gasteiger partial charge in [-0.15, -0.1) is 11.3 Å². The van der Waals surface area contributed by atoms with E-state index in [-0.39, 0.29) is 5.97 Å². The van der Waals surface area contributed by atoms with Gasteiger partial charge in [0.1, 0.15) is 4.88 Å². The Kier molecular flexibility index (Phi) is 3.67. The van der Waals surface area contributed by atoms with Gasteiger partial charge in [-0.3, -0.25) is 0 Å². The van der Waals surface area contributed by atoms with Gasteiger partial charge in [-0.2, -0.15) is 0 Å². The quantitative estimate of drug-likeness (QED) is 0.860. The highest BCUT2D eigenvalue weighted by molar-refractivity contribution is 7.18. The third-order valence-electron chi connectivity index (χ3n) is 2.56. The number of anilines is 1. The van der Waals surface area contributed by atoms with Crippen molar-refractivity contribution >= 4 is 23.0 Å². The van der Waals surface area contributed by atoms with Crippen LogP contribution in [-0.2, 0) is 4.74 Å². The Morgan fingerprint density at radius 1 is 1.33 bits per heavy atom. The van der Waals surface area contributed by atoms with Crippen molar-refractivity contribution in [2.75, 3.05) is 12.3 Å². The van der Waals surface area contributed by atoms with E-state index in [1.54, 1.807) is 6.92 Å². The topological polar surface area (TPSA) is 52.3 Å². The van der Waals surface area contributed by atoms with Crippen molar-refractivity contribution in [2.45, 2.75) is 13.8 Å². The van der Waals surface area contributed by atoms with E-state index in [0.29, 0.717) is 17.2 Å². The summed E-state index contributed by atoms with van der Waals surface area (Å²) in [5.74, 6) is -0.349. The Morgan fingerprint density at radius 3 is 2.61 bits per heavy atom. The Morgan fingerprint density at radius 2 is 2.00 bits per heavy atom. The van der Waals surface area contributed by atoms with Crippen molar-refractivity contribution in [3.05, 3.63) is 40.8 Å². The molecule has 1 aromatic carbocycles. The monoisotopic (exact) mass is 261 g/mol. The number of nitrogens with two attached hydrogens (primary N) is 1. The second-order valence-electron chi connectivity index (χ2n) is 3.98. The zero-order valence-electron chi connectivity index (χ0n) is 10.4. The molecular weight excluding hydrogens is 246 g/mol. The highest BCUT2D eigenvalue weighted by atomic mass is 32.1. The molecule has 0 radical (unpaired) electrons. The lowest BCUT2D eigenvalue weighted by atomic mass is 10.1. The Bertz CT molecular complexity index is 558. The summed E-state index contributed by atoms with van der Waals surface area (Å²) < 4.78 is 4.97. The summed E-state index contributed by atoms with van der Waals surface area (Å²) in [5.41, 5.74) is 8.60. The summed E-state index contributed by atoms with van der Waals surface area (Å²) in [6.07, 6.45) is 0. The average molecular weight is 261 g/mol. The van der Waals surface area contributed by atoms with Crippen molar-refractivity contribution < 1.29 is 9.53 Å². The van der Waals surface area contributed by atoms with E-state index in [0.717, 1.165) is 10.4 Å². The molecule has 0 fully saturated rings. The molecule has 0 atom stereocenters. The molecule has 4 heteroatoms. The normalized spacial score (nSPS) is 10.3. The molecule has 18 heavy (non-hydrogen) atoms. The van der Waals surface area contributed by atoms with Crippen molar-refractivity contribution in [1.82, 2.24) is 0 Å². The number of esters is 1. The number of thiophene rings is 1. The van der Waals surface area contributed by atoms with Crippen LogP contribution < -0.4 is 5.73 Å². The van der Waals surface area contributed by atoms with E-state index < -0.39 is 0 Å². The van der Waals surface area contributed by atoms with Crippen molar-refractivity contribution in [1.29, 1.82) is 0 Å². The van der Waals surface area contributed by atoms with Crippen LogP contribution >= 0.6 is 11.3 Å². The number of hydrogen-bond acceptors (Lipinski definition) is 4. The van der Waals surface area contributed by atoms with Crippen LogP contribution in [-0.4, -0.2) is 12.6 Å². The van der Waals surface area contributed by atoms with Crippen LogP contribution in [0.4, 0.5) is 5.69 Å². The van der Waals surface area contributed by atoms with Gasteiger partial charge in [-0.1, -0.05) is 29.8 Å². The number of nitrogen functional groups attached to an aromatic ring is 1. The molecule has 2 rings (SSSR count). The molecule has 94 valence electrons. The molecule has 1 aromatic heterocycles. The van der Waals surface area contributed by atoms with Crippen LogP contribution in [0.3, 0.4) is 0 Å². The minimum atomic E-state index is -0.349. The van der Waals surface area contributed by atoms with E-state index in [2.05, 4.69) is 0 Å². The van der Waals surface area contributed by atoms with Gasteiger partial charge in [-0.25, -0.2) is 4.79 Å². The van der Waals surface area contributed by atoms with Gasteiger partial charge in [0.05, 0.1) is 12.3 Å². The molecule has 3 nitrogen and oxygen atoms in total. The molecule has 0 amide bonds.